The van der Waals surface area contributed by atoms with E-state index in [0.29, 0.717) is 31.6 Å². The van der Waals surface area contributed by atoms with Gasteiger partial charge >= 0.3 is 0 Å². The van der Waals surface area contributed by atoms with Gasteiger partial charge in [0.05, 0.1) is 13.2 Å². The first-order valence-corrected chi connectivity index (χ1v) is 10.3. The van der Waals surface area contributed by atoms with Crippen LogP contribution in [0.25, 0.3) is 0 Å². The van der Waals surface area contributed by atoms with E-state index in [-0.39, 0.29) is 23.8 Å². The lowest BCUT2D eigenvalue weighted by molar-refractivity contribution is -0.141. The van der Waals surface area contributed by atoms with Crippen molar-refractivity contribution in [1.29, 1.82) is 0 Å². The van der Waals surface area contributed by atoms with Gasteiger partial charge in [0.15, 0.2) is 0 Å². The molecular formula is C20H35N3O3. The van der Waals surface area contributed by atoms with Gasteiger partial charge in [0.2, 0.25) is 11.8 Å². The number of piperidine rings is 1. The van der Waals surface area contributed by atoms with Gasteiger partial charge in [-0.1, -0.05) is 0 Å². The summed E-state index contributed by atoms with van der Waals surface area (Å²) in [6.45, 7) is 8.74. The summed E-state index contributed by atoms with van der Waals surface area (Å²) in [7, 11) is 1.88. The van der Waals surface area contributed by atoms with Crippen molar-refractivity contribution in [3.05, 3.63) is 0 Å². The second-order valence-corrected chi connectivity index (χ2v) is 8.59. The molecule has 0 radical (unpaired) electrons. The van der Waals surface area contributed by atoms with Crippen LogP contribution < -0.4 is 0 Å². The van der Waals surface area contributed by atoms with Crippen molar-refractivity contribution in [2.75, 3.05) is 46.4 Å². The van der Waals surface area contributed by atoms with E-state index in [1.807, 2.05) is 30.7 Å². The van der Waals surface area contributed by atoms with Gasteiger partial charge in [-0.2, -0.15) is 0 Å². The molecule has 0 aromatic heterocycles. The lowest BCUT2D eigenvalue weighted by atomic mass is 9.95. The fourth-order valence-electron chi connectivity index (χ4n) is 4.03. The van der Waals surface area contributed by atoms with Crippen LogP contribution in [-0.2, 0) is 14.3 Å². The molecule has 2 saturated heterocycles. The van der Waals surface area contributed by atoms with E-state index in [1.54, 1.807) is 0 Å². The Morgan fingerprint density at radius 3 is 2.35 bits per heavy atom. The van der Waals surface area contributed by atoms with E-state index in [9.17, 15) is 9.59 Å². The highest BCUT2D eigenvalue weighted by molar-refractivity contribution is 5.81. The lowest BCUT2D eigenvalue weighted by Crippen LogP contribution is -2.48. The van der Waals surface area contributed by atoms with Crippen LogP contribution in [0.5, 0.6) is 0 Å². The molecule has 3 fully saturated rings. The van der Waals surface area contributed by atoms with Crippen molar-refractivity contribution < 1.29 is 14.3 Å². The number of rotatable bonds is 7. The second kappa shape index (κ2) is 8.70. The molecule has 26 heavy (non-hydrogen) atoms. The Bertz CT molecular complexity index is 493. The summed E-state index contributed by atoms with van der Waals surface area (Å²) in [4.78, 5) is 31.5. The Labute approximate surface area is 157 Å². The molecule has 0 spiro atoms. The first-order valence-electron chi connectivity index (χ1n) is 10.3. The van der Waals surface area contributed by atoms with Crippen molar-refractivity contribution in [2.24, 2.45) is 11.8 Å². The zero-order valence-electron chi connectivity index (χ0n) is 16.7. The van der Waals surface area contributed by atoms with Crippen molar-refractivity contribution in [3.63, 3.8) is 0 Å². The third-order valence-electron chi connectivity index (χ3n) is 6.24. The van der Waals surface area contributed by atoms with Gasteiger partial charge in [0.1, 0.15) is 0 Å². The normalized spacial score (nSPS) is 24.5. The molecule has 0 aromatic rings. The average molecular weight is 366 g/mol. The second-order valence-electron chi connectivity index (χ2n) is 8.59. The zero-order chi connectivity index (χ0) is 18.7. The molecule has 6 nitrogen and oxygen atoms in total. The first-order chi connectivity index (χ1) is 12.5. The van der Waals surface area contributed by atoms with E-state index < -0.39 is 0 Å². The predicted octanol–water partition coefficient (Wildman–Crippen LogP) is 1.59. The largest absolute Gasteiger partial charge is 0.381 e. The lowest BCUT2D eigenvalue weighted by Gasteiger charge is -2.35. The van der Waals surface area contributed by atoms with Crippen LogP contribution in [0.2, 0.25) is 0 Å². The number of hydrogen-bond acceptors (Lipinski definition) is 4. The number of carbonyl (C=O) groups is 2. The first kappa shape index (κ1) is 19.6. The Balaban J connectivity index is 1.46. The number of amides is 2. The molecule has 0 bridgehead atoms. The molecule has 3 rings (SSSR count). The molecule has 2 aliphatic heterocycles. The number of likely N-dealkylation sites (tertiary alicyclic amines) is 1. The number of carbonyl (C=O) groups excluding carboxylic acids is 2. The summed E-state index contributed by atoms with van der Waals surface area (Å²) in [5.74, 6) is 1.12. The standard InChI is InChI=1S/C20H35N3O3/c1-15(2)21(3)20(25)17-6-9-22(10-7-17)19(24)13-23(18-4-5-18)12-16-8-11-26-14-16/h15-18H,4-14H2,1-3H3. The monoisotopic (exact) mass is 365 g/mol. The molecule has 3 aliphatic rings. The minimum Gasteiger partial charge on any atom is -0.381 e. The Hall–Kier alpha value is -1.14. The Kier molecular flexibility index (Phi) is 6.56. The molecule has 2 amide bonds. The van der Waals surface area contributed by atoms with Gasteiger partial charge in [0, 0.05) is 51.3 Å². The van der Waals surface area contributed by atoms with Gasteiger partial charge in [-0.15, -0.1) is 0 Å². The van der Waals surface area contributed by atoms with Gasteiger partial charge < -0.3 is 14.5 Å². The summed E-state index contributed by atoms with van der Waals surface area (Å²) in [5, 5.41) is 0. The molecule has 148 valence electrons. The number of ether oxygens (including phenoxy) is 1. The highest BCUT2D eigenvalue weighted by atomic mass is 16.5. The van der Waals surface area contributed by atoms with Crippen LogP contribution in [0.1, 0.15) is 46.0 Å². The maximum absolute atomic E-state index is 12.8. The maximum Gasteiger partial charge on any atom is 0.236 e. The highest BCUT2D eigenvalue weighted by Gasteiger charge is 2.35. The number of hydrogen-bond donors (Lipinski definition) is 0. The highest BCUT2D eigenvalue weighted by Crippen LogP contribution is 2.29. The van der Waals surface area contributed by atoms with Crippen molar-refractivity contribution in [3.8, 4) is 0 Å². The van der Waals surface area contributed by atoms with Crippen molar-refractivity contribution in [2.45, 2.75) is 58.0 Å². The third kappa shape index (κ3) is 4.97. The van der Waals surface area contributed by atoms with Crippen LogP contribution in [0.4, 0.5) is 0 Å². The molecule has 1 atom stereocenters. The number of nitrogens with zero attached hydrogens (tertiary/aromatic N) is 3. The SMILES string of the molecule is CC(C)N(C)C(=O)C1CCN(C(=O)CN(CC2CCOC2)C2CC2)CC1. The average Bonchev–Trinajstić information content (AvgIpc) is 3.37. The Morgan fingerprint density at radius 2 is 1.81 bits per heavy atom. The van der Waals surface area contributed by atoms with Crippen LogP contribution in [-0.4, -0.2) is 85.0 Å². The molecule has 0 N–H and O–H groups in total. The molecule has 2 heterocycles. The molecule has 1 unspecified atom stereocenters. The summed E-state index contributed by atoms with van der Waals surface area (Å²) >= 11 is 0. The van der Waals surface area contributed by atoms with Crippen molar-refractivity contribution in [1.82, 2.24) is 14.7 Å². The van der Waals surface area contributed by atoms with Gasteiger partial charge in [-0.25, -0.2) is 0 Å². The Morgan fingerprint density at radius 1 is 1.12 bits per heavy atom. The van der Waals surface area contributed by atoms with Crippen LogP contribution in [0, 0.1) is 11.8 Å². The fourth-order valence-corrected chi connectivity index (χ4v) is 4.03. The summed E-state index contributed by atoms with van der Waals surface area (Å²) in [6.07, 6.45) is 5.15. The van der Waals surface area contributed by atoms with E-state index in [4.69, 9.17) is 4.74 Å². The maximum atomic E-state index is 12.8. The minimum absolute atomic E-state index is 0.0709. The molecule has 0 aromatic carbocycles. The van der Waals surface area contributed by atoms with E-state index in [0.717, 1.165) is 39.0 Å². The van der Waals surface area contributed by atoms with E-state index >= 15 is 0 Å². The molecule has 1 aliphatic carbocycles. The molecular weight excluding hydrogens is 330 g/mol. The third-order valence-corrected chi connectivity index (χ3v) is 6.24. The van der Waals surface area contributed by atoms with Crippen LogP contribution in [0.3, 0.4) is 0 Å². The molecule has 6 heteroatoms. The topological polar surface area (TPSA) is 53.1 Å². The van der Waals surface area contributed by atoms with Crippen LogP contribution >= 0.6 is 0 Å². The van der Waals surface area contributed by atoms with Gasteiger partial charge in [-0.05, 0) is 51.9 Å². The summed E-state index contributed by atoms with van der Waals surface area (Å²) in [5.41, 5.74) is 0. The van der Waals surface area contributed by atoms with Crippen molar-refractivity contribution >= 4 is 11.8 Å². The van der Waals surface area contributed by atoms with E-state index in [2.05, 4.69) is 4.90 Å². The zero-order valence-corrected chi connectivity index (χ0v) is 16.7. The predicted molar refractivity (Wildman–Crippen MR) is 101 cm³/mol. The fraction of sp³-hybridized carbons (Fsp3) is 0.900. The molecule has 1 saturated carbocycles. The summed E-state index contributed by atoms with van der Waals surface area (Å²) < 4.78 is 5.49. The van der Waals surface area contributed by atoms with Crippen LogP contribution in [0.15, 0.2) is 0 Å². The van der Waals surface area contributed by atoms with Gasteiger partial charge in [-0.3, -0.25) is 14.5 Å². The minimum atomic E-state index is 0.0709. The summed E-state index contributed by atoms with van der Waals surface area (Å²) in [6, 6.07) is 0.826. The van der Waals surface area contributed by atoms with E-state index in [1.165, 1.54) is 12.8 Å². The quantitative estimate of drug-likeness (QED) is 0.688. The smallest absolute Gasteiger partial charge is 0.236 e. The van der Waals surface area contributed by atoms with Gasteiger partial charge in [0.25, 0.3) is 0 Å².